The Kier molecular flexibility index (Phi) is 4.46. The topological polar surface area (TPSA) is 59.1 Å². The molecule has 0 saturated carbocycles. The van der Waals surface area contributed by atoms with Crippen LogP contribution in [0.5, 0.6) is 0 Å². The first-order chi connectivity index (χ1) is 9.87. The molecule has 1 N–H and O–H groups in total. The third kappa shape index (κ3) is 4.19. The van der Waals surface area contributed by atoms with E-state index in [1.54, 1.807) is 18.2 Å². The highest BCUT2D eigenvalue weighted by Crippen LogP contribution is 2.18. The Bertz CT molecular complexity index is 713. The molecule has 0 atom stereocenters. The number of pyridine rings is 1. The molecule has 112 valence electrons. The standard InChI is InChI=1S/C13H11F3N2O2S/c14-11-7-10(8-12(15)13(11)16)18-21(19,20)6-4-9-3-1-2-5-17-9/h1-3,5,7-8,18H,4,6H2. The summed E-state index contributed by atoms with van der Waals surface area (Å²) < 4.78 is 64.4. The third-order valence-corrected chi connectivity index (χ3v) is 3.90. The molecule has 0 aliphatic carbocycles. The monoisotopic (exact) mass is 316 g/mol. The van der Waals surface area contributed by atoms with E-state index in [2.05, 4.69) is 4.98 Å². The first-order valence-electron chi connectivity index (χ1n) is 5.92. The number of anilines is 1. The number of nitrogens with one attached hydrogen (secondary N) is 1. The summed E-state index contributed by atoms with van der Waals surface area (Å²) in [6.45, 7) is 0. The molecule has 8 heteroatoms. The molecule has 0 aliphatic heterocycles. The molecule has 0 spiro atoms. The minimum Gasteiger partial charge on any atom is -0.283 e. The normalized spacial score (nSPS) is 11.4. The first kappa shape index (κ1) is 15.3. The fourth-order valence-corrected chi connectivity index (χ4v) is 2.69. The van der Waals surface area contributed by atoms with E-state index in [4.69, 9.17) is 0 Å². The fraction of sp³-hybridized carbons (Fsp3) is 0.154. The Hall–Kier alpha value is -2.09. The zero-order chi connectivity index (χ0) is 15.5. The molecular weight excluding hydrogens is 305 g/mol. The highest BCUT2D eigenvalue weighted by molar-refractivity contribution is 7.92. The molecule has 0 radical (unpaired) electrons. The number of benzene rings is 1. The second kappa shape index (κ2) is 6.13. The quantitative estimate of drug-likeness (QED) is 0.862. The Morgan fingerprint density at radius 1 is 1.10 bits per heavy atom. The van der Waals surface area contributed by atoms with Crippen molar-refractivity contribution in [1.29, 1.82) is 0 Å². The number of halogens is 3. The minimum absolute atomic E-state index is 0.141. The number of aromatic nitrogens is 1. The van der Waals surface area contributed by atoms with E-state index in [0.29, 0.717) is 17.8 Å². The molecule has 0 bridgehead atoms. The average molecular weight is 316 g/mol. The highest BCUT2D eigenvalue weighted by atomic mass is 32.2. The van der Waals surface area contributed by atoms with Crippen LogP contribution in [0.15, 0.2) is 36.5 Å². The molecule has 0 unspecified atom stereocenters. The van der Waals surface area contributed by atoms with Gasteiger partial charge in [0.1, 0.15) is 0 Å². The van der Waals surface area contributed by atoms with Gasteiger partial charge < -0.3 is 0 Å². The van der Waals surface area contributed by atoms with Crippen molar-refractivity contribution in [3.05, 3.63) is 59.7 Å². The molecule has 0 fully saturated rings. The Morgan fingerprint density at radius 2 is 1.76 bits per heavy atom. The molecule has 0 aliphatic rings. The fourth-order valence-electron chi connectivity index (χ4n) is 1.63. The van der Waals surface area contributed by atoms with E-state index in [-0.39, 0.29) is 17.9 Å². The molecule has 4 nitrogen and oxygen atoms in total. The first-order valence-corrected chi connectivity index (χ1v) is 7.57. The van der Waals surface area contributed by atoms with Crippen molar-refractivity contribution in [1.82, 2.24) is 4.98 Å². The van der Waals surface area contributed by atoms with Crippen LogP contribution in [0, 0.1) is 17.5 Å². The Labute approximate surface area is 119 Å². The molecule has 0 saturated heterocycles. The van der Waals surface area contributed by atoms with E-state index in [9.17, 15) is 21.6 Å². The van der Waals surface area contributed by atoms with Gasteiger partial charge in [-0.3, -0.25) is 9.71 Å². The number of hydrogen-bond acceptors (Lipinski definition) is 3. The predicted octanol–water partition coefficient (Wildman–Crippen LogP) is 2.48. The summed E-state index contributed by atoms with van der Waals surface area (Å²) in [4.78, 5) is 3.97. The Morgan fingerprint density at radius 3 is 2.33 bits per heavy atom. The van der Waals surface area contributed by atoms with Crippen LogP contribution < -0.4 is 4.72 Å². The maximum atomic E-state index is 13.0. The summed E-state index contributed by atoms with van der Waals surface area (Å²) >= 11 is 0. The number of nitrogens with zero attached hydrogens (tertiary/aromatic N) is 1. The predicted molar refractivity (Wildman–Crippen MR) is 71.7 cm³/mol. The number of aryl methyl sites for hydroxylation is 1. The lowest BCUT2D eigenvalue weighted by atomic mass is 10.3. The second-order valence-electron chi connectivity index (χ2n) is 4.25. The summed E-state index contributed by atoms with van der Waals surface area (Å²) in [6.07, 6.45) is 1.67. The maximum absolute atomic E-state index is 13.0. The molecule has 2 aromatic rings. The maximum Gasteiger partial charge on any atom is 0.233 e. The summed E-state index contributed by atoms with van der Waals surface area (Å²) in [5.74, 6) is -4.88. The summed E-state index contributed by atoms with van der Waals surface area (Å²) in [5, 5.41) is 0. The van der Waals surface area contributed by atoms with Crippen LogP contribution in [0.3, 0.4) is 0 Å². The number of hydrogen-bond donors (Lipinski definition) is 1. The lowest BCUT2D eigenvalue weighted by Gasteiger charge is -2.08. The zero-order valence-electron chi connectivity index (χ0n) is 10.7. The van der Waals surface area contributed by atoms with Gasteiger partial charge in [0.2, 0.25) is 10.0 Å². The minimum atomic E-state index is -3.82. The summed E-state index contributed by atoms with van der Waals surface area (Å²) in [5.41, 5.74) is 0.201. The van der Waals surface area contributed by atoms with E-state index in [1.165, 1.54) is 6.20 Å². The van der Waals surface area contributed by atoms with Crippen molar-refractivity contribution < 1.29 is 21.6 Å². The molecule has 1 aromatic heterocycles. The summed E-state index contributed by atoms with van der Waals surface area (Å²) in [6, 6.07) is 6.23. The second-order valence-corrected chi connectivity index (χ2v) is 6.09. The number of sulfonamides is 1. The average Bonchev–Trinajstić information content (AvgIpc) is 2.43. The van der Waals surface area contributed by atoms with Crippen LogP contribution in [-0.4, -0.2) is 19.2 Å². The lowest BCUT2D eigenvalue weighted by molar-refractivity contribution is 0.448. The van der Waals surface area contributed by atoms with Crippen LogP contribution >= 0.6 is 0 Å². The van der Waals surface area contributed by atoms with Crippen molar-refractivity contribution in [2.45, 2.75) is 6.42 Å². The highest BCUT2D eigenvalue weighted by Gasteiger charge is 2.15. The van der Waals surface area contributed by atoms with Gasteiger partial charge in [0.25, 0.3) is 0 Å². The van der Waals surface area contributed by atoms with Crippen LogP contribution in [0.2, 0.25) is 0 Å². The van der Waals surface area contributed by atoms with E-state index < -0.39 is 27.5 Å². The van der Waals surface area contributed by atoms with Gasteiger partial charge in [-0.2, -0.15) is 0 Å². The molecule has 1 heterocycles. The van der Waals surface area contributed by atoms with E-state index in [1.807, 2.05) is 4.72 Å². The van der Waals surface area contributed by atoms with Gasteiger partial charge in [-0.1, -0.05) is 6.07 Å². The van der Waals surface area contributed by atoms with Gasteiger partial charge in [0, 0.05) is 30.4 Å². The van der Waals surface area contributed by atoms with Gasteiger partial charge in [-0.15, -0.1) is 0 Å². The van der Waals surface area contributed by atoms with Crippen LogP contribution in [0.1, 0.15) is 5.69 Å². The van der Waals surface area contributed by atoms with Gasteiger partial charge in [0.15, 0.2) is 17.5 Å². The third-order valence-electron chi connectivity index (χ3n) is 2.61. The molecular formula is C13H11F3N2O2S. The van der Waals surface area contributed by atoms with Crippen LogP contribution in [-0.2, 0) is 16.4 Å². The molecule has 2 rings (SSSR count). The van der Waals surface area contributed by atoms with Crippen molar-refractivity contribution in [2.75, 3.05) is 10.5 Å². The van der Waals surface area contributed by atoms with E-state index in [0.717, 1.165) is 0 Å². The van der Waals surface area contributed by atoms with Crippen LogP contribution in [0.25, 0.3) is 0 Å². The van der Waals surface area contributed by atoms with Gasteiger partial charge in [-0.05, 0) is 12.1 Å². The SMILES string of the molecule is O=S(=O)(CCc1ccccn1)Nc1cc(F)c(F)c(F)c1. The van der Waals surface area contributed by atoms with Gasteiger partial charge >= 0.3 is 0 Å². The van der Waals surface area contributed by atoms with Crippen LogP contribution in [0.4, 0.5) is 18.9 Å². The summed E-state index contributed by atoms with van der Waals surface area (Å²) in [7, 11) is -3.82. The zero-order valence-corrected chi connectivity index (χ0v) is 11.5. The molecule has 21 heavy (non-hydrogen) atoms. The molecule has 1 aromatic carbocycles. The lowest BCUT2D eigenvalue weighted by Crippen LogP contribution is -2.19. The largest absolute Gasteiger partial charge is 0.283 e. The van der Waals surface area contributed by atoms with Gasteiger partial charge in [-0.25, -0.2) is 21.6 Å². The van der Waals surface area contributed by atoms with Crippen molar-refractivity contribution in [3.63, 3.8) is 0 Å². The van der Waals surface area contributed by atoms with Crippen molar-refractivity contribution in [3.8, 4) is 0 Å². The smallest absolute Gasteiger partial charge is 0.233 e. The molecule has 0 amide bonds. The Balaban J connectivity index is 2.07. The van der Waals surface area contributed by atoms with Crippen molar-refractivity contribution >= 4 is 15.7 Å². The number of rotatable bonds is 5. The van der Waals surface area contributed by atoms with E-state index >= 15 is 0 Å². The van der Waals surface area contributed by atoms with Gasteiger partial charge in [0.05, 0.1) is 11.4 Å². The van der Waals surface area contributed by atoms with Crippen molar-refractivity contribution in [2.24, 2.45) is 0 Å².